The first-order chi connectivity index (χ1) is 7.15. The first kappa shape index (κ1) is 10.2. The Morgan fingerprint density at radius 2 is 2.20 bits per heavy atom. The number of nitrogen functional groups attached to an aromatic ring is 1. The van der Waals surface area contributed by atoms with Crippen molar-refractivity contribution in [3.8, 4) is 5.88 Å². The third-order valence-electron chi connectivity index (χ3n) is 2.25. The van der Waals surface area contributed by atoms with Crippen LogP contribution in [0.15, 0.2) is 6.07 Å². The highest BCUT2D eigenvalue weighted by Gasteiger charge is 2.27. The van der Waals surface area contributed by atoms with Crippen molar-refractivity contribution in [2.45, 2.75) is 32.6 Å². The molecule has 0 bridgehead atoms. The summed E-state index contributed by atoms with van der Waals surface area (Å²) < 4.78 is 5.54. The van der Waals surface area contributed by atoms with Crippen LogP contribution in [0, 0.1) is 5.92 Å². The zero-order valence-corrected chi connectivity index (χ0v) is 9.23. The fourth-order valence-corrected chi connectivity index (χ4v) is 1.31. The molecule has 1 aromatic heterocycles. The van der Waals surface area contributed by atoms with Crippen molar-refractivity contribution in [1.29, 1.82) is 0 Å². The summed E-state index contributed by atoms with van der Waals surface area (Å²) in [5.41, 5.74) is 5.70. The molecule has 4 nitrogen and oxygen atoms in total. The number of ether oxygens (including phenoxy) is 1. The number of rotatable bonds is 4. The number of anilines is 1. The summed E-state index contributed by atoms with van der Waals surface area (Å²) >= 11 is 0. The molecule has 0 saturated heterocycles. The van der Waals surface area contributed by atoms with Gasteiger partial charge in [-0.2, -0.15) is 4.98 Å². The number of nitrogens with zero attached hydrogens (tertiary/aromatic N) is 2. The van der Waals surface area contributed by atoms with Crippen molar-refractivity contribution in [3.05, 3.63) is 11.9 Å². The Balaban J connectivity index is 2.09. The molecule has 15 heavy (non-hydrogen) atoms. The molecule has 0 spiro atoms. The summed E-state index contributed by atoms with van der Waals surface area (Å²) in [4.78, 5) is 8.56. The predicted octanol–water partition coefficient (Wildman–Crippen LogP) is 1.97. The summed E-state index contributed by atoms with van der Waals surface area (Å²) in [6.45, 7) is 4.87. The Hall–Kier alpha value is -1.32. The van der Waals surface area contributed by atoms with E-state index in [9.17, 15) is 0 Å². The van der Waals surface area contributed by atoms with Gasteiger partial charge in [-0.3, -0.25) is 0 Å². The van der Waals surface area contributed by atoms with Crippen LogP contribution in [0.5, 0.6) is 5.88 Å². The van der Waals surface area contributed by atoms with Gasteiger partial charge in [-0.25, -0.2) is 4.98 Å². The molecule has 0 amide bonds. The van der Waals surface area contributed by atoms with Crippen LogP contribution in [0.4, 0.5) is 5.82 Å². The second-order valence-corrected chi connectivity index (χ2v) is 4.47. The topological polar surface area (TPSA) is 61.0 Å². The lowest BCUT2D eigenvalue weighted by molar-refractivity contribution is 0.260. The van der Waals surface area contributed by atoms with E-state index >= 15 is 0 Å². The fourth-order valence-electron chi connectivity index (χ4n) is 1.31. The zero-order valence-electron chi connectivity index (χ0n) is 9.23. The maximum atomic E-state index is 5.70. The van der Waals surface area contributed by atoms with Gasteiger partial charge in [-0.1, -0.05) is 13.8 Å². The van der Waals surface area contributed by atoms with Gasteiger partial charge in [-0.05, 0) is 18.8 Å². The molecule has 0 aliphatic heterocycles. The van der Waals surface area contributed by atoms with Gasteiger partial charge in [0.05, 0.1) is 6.61 Å². The van der Waals surface area contributed by atoms with Crippen molar-refractivity contribution in [2.24, 2.45) is 5.92 Å². The highest BCUT2D eigenvalue weighted by molar-refractivity contribution is 5.34. The van der Waals surface area contributed by atoms with E-state index < -0.39 is 0 Å². The van der Waals surface area contributed by atoms with Crippen molar-refractivity contribution in [3.63, 3.8) is 0 Å². The molecular weight excluding hydrogens is 190 g/mol. The van der Waals surface area contributed by atoms with Gasteiger partial charge in [-0.15, -0.1) is 0 Å². The number of hydrogen-bond acceptors (Lipinski definition) is 4. The molecule has 82 valence electrons. The Bertz CT molecular complexity index is 348. The molecule has 0 radical (unpaired) electrons. The lowest BCUT2D eigenvalue weighted by Crippen LogP contribution is -2.08. The second-order valence-electron chi connectivity index (χ2n) is 4.47. The van der Waals surface area contributed by atoms with Gasteiger partial charge in [0.25, 0.3) is 0 Å². The van der Waals surface area contributed by atoms with Crippen molar-refractivity contribution in [2.75, 3.05) is 12.3 Å². The van der Waals surface area contributed by atoms with Crippen LogP contribution in [0.1, 0.15) is 38.4 Å². The van der Waals surface area contributed by atoms with E-state index in [1.54, 1.807) is 6.07 Å². The lowest BCUT2D eigenvalue weighted by Gasteiger charge is -2.09. The maximum Gasteiger partial charge on any atom is 0.218 e. The van der Waals surface area contributed by atoms with Crippen LogP contribution in [-0.2, 0) is 0 Å². The molecule has 1 aromatic rings. The molecule has 2 rings (SSSR count). The van der Waals surface area contributed by atoms with E-state index in [4.69, 9.17) is 10.5 Å². The lowest BCUT2D eigenvalue weighted by atomic mass is 10.2. The Morgan fingerprint density at radius 3 is 2.80 bits per heavy atom. The van der Waals surface area contributed by atoms with Gasteiger partial charge < -0.3 is 10.5 Å². The molecule has 1 aliphatic carbocycles. The van der Waals surface area contributed by atoms with Crippen LogP contribution in [0.25, 0.3) is 0 Å². The first-order valence-electron chi connectivity index (χ1n) is 5.42. The maximum absolute atomic E-state index is 5.70. The summed E-state index contributed by atoms with van der Waals surface area (Å²) in [5, 5.41) is 0. The minimum atomic E-state index is 0.491. The van der Waals surface area contributed by atoms with Crippen molar-refractivity contribution >= 4 is 5.82 Å². The van der Waals surface area contributed by atoms with Crippen LogP contribution < -0.4 is 10.5 Å². The Labute approximate surface area is 89.9 Å². The minimum Gasteiger partial charge on any atom is -0.477 e. The Morgan fingerprint density at radius 1 is 1.47 bits per heavy atom. The number of nitrogens with two attached hydrogens (primary N) is 1. The second kappa shape index (κ2) is 4.04. The molecule has 0 unspecified atom stereocenters. The predicted molar refractivity (Wildman–Crippen MR) is 58.8 cm³/mol. The highest BCUT2D eigenvalue weighted by atomic mass is 16.5. The minimum absolute atomic E-state index is 0.491. The quantitative estimate of drug-likeness (QED) is 0.820. The van der Waals surface area contributed by atoms with E-state index in [2.05, 4.69) is 23.8 Å². The molecule has 1 fully saturated rings. The average Bonchev–Trinajstić information content (AvgIpc) is 2.97. The van der Waals surface area contributed by atoms with E-state index in [-0.39, 0.29) is 0 Å². The zero-order chi connectivity index (χ0) is 10.8. The van der Waals surface area contributed by atoms with E-state index in [0.29, 0.717) is 30.1 Å². The molecule has 0 aromatic carbocycles. The molecule has 0 atom stereocenters. The number of hydrogen-bond donors (Lipinski definition) is 1. The molecule has 1 saturated carbocycles. The van der Waals surface area contributed by atoms with Gasteiger partial charge in [0.1, 0.15) is 11.6 Å². The highest BCUT2D eigenvalue weighted by Crippen LogP contribution is 2.38. The van der Waals surface area contributed by atoms with Gasteiger partial charge in [0.2, 0.25) is 5.88 Å². The molecular formula is C11H17N3O. The SMILES string of the molecule is CC(C)COc1cc(N)nc(C2CC2)n1. The first-order valence-corrected chi connectivity index (χ1v) is 5.42. The van der Waals surface area contributed by atoms with Crippen molar-refractivity contribution < 1.29 is 4.74 Å². The third-order valence-corrected chi connectivity index (χ3v) is 2.25. The third kappa shape index (κ3) is 2.81. The van der Waals surface area contributed by atoms with E-state index in [1.807, 2.05) is 0 Å². The van der Waals surface area contributed by atoms with Crippen LogP contribution in [-0.4, -0.2) is 16.6 Å². The van der Waals surface area contributed by atoms with Gasteiger partial charge in [0.15, 0.2) is 0 Å². The number of aromatic nitrogens is 2. The fraction of sp³-hybridized carbons (Fsp3) is 0.636. The molecule has 1 heterocycles. The van der Waals surface area contributed by atoms with Gasteiger partial charge >= 0.3 is 0 Å². The monoisotopic (exact) mass is 207 g/mol. The van der Waals surface area contributed by atoms with Crippen LogP contribution in [0.2, 0.25) is 0 Å². The van der Waals surface area contributed by atoms with E-state index in [0.717, 1.165) is 5.82 Å². The van der Waals surface area contributed by atoms with Crippen LogP contribution in [0.3, 0.4) is 0 Å². The standard InChI is InChI=1S/C11H17N3O/c1-7(2)6-15-10-5-9(12)13-11(14-10)8-3-4-8/h5,7-8H,3-4,6H2,1-2H3,(H2,12,13,14). The summed E-state index contributed by atoms with van der Waals surface area (Å²) in [5.74, 6) is 2.96. The molecule has 2 N–H and O–H groups in total. The van der Waals surface area contributed by atoms with Crippen LogP contribution >= 0.6 is 0 Å². The average molecular weight is 207 g/mol. The molecule has 4 heteroatoms. The largest absolute Gasteiger partial charge is 0.477 e. The smallest absolute Gasteiger partial charge is 0.218 e. The Kier molecular flexibility index (Phi) is 2.75. The normalized spacial score (nSPS) is 15.7. The van der Waals surface area contributed by atoms with Gasteiger partial charge in [0, 0.05) is 12.0 Å². The summed E-state index contributed by atoms with van der Waals surface area (Å²) in [6, 6.07) is 1.69. The summed E-state index contributed by atoms with van der Waals surface area (Å²) in [7, 11) is 0. The van der Waals surface area contributed by atoms with Crippen molar-refractivity contribution in [1.82, 2.24) is 9.97 Å². The molecule has 1 aliphatic rings. The van der Waals surface area contributed by atoms with E-state index in [1.165, 1.54) is 12.8 Å². The summed E-state index contributed by atoms with van der Waals surface area (Å²) in [6.07, 6.45) is 2.35.